The van der Waals surface area contributed by atoms with E-state index in [1.165, 1.54) is 10.9 Å². The summed E-state index contributed by atoms with van der Waals surface area (Å²) in [6.45, 7) is 0. The largest absolute Gasteiger partial charge is 0.506 e. The van der Waals surface area contributed by atoms with Crippen molar-refractivity contribution >= 4 is 33.2 Å². The third-order valence-electron chi connectivity index (χ3n) is 3.94. The fourth-order valence-electron chi connectivity index (χ4n) is 2.86. The van der Waals surface area contributed by atoms with Crippen LogP contribution in [0.25, 0.3) is 21.7 Å². The molecule has 112 valence electrons. The van der Waals surface area contributed by atoms with Crippen LogP contribution in [-0.4, -0.2) is 10.1 Å². The summed E-state index contributed by atoms with van der Waals surface area (Å²) in [5, 5.41) is 10.3. The Bertz CT molecular complexity index is 944. The van der Waals surface area contributed by atoms with Gasteiger partial charge in [-0.2, -0.15) is 0 Å². The number of aromatic nitrogens is 1. The molecule has 3 aromatic rings. The number of benzene rings is 1. The molecule has 1 aromatic carbocycles. The van der Waals surface area contributed by atoms with Gasteiger partial charge in [-0.05, 0) is 49.4 Å². The van der Waals surface area contributed by atoms with Crippen LogP contribution in [0.15, 0.2) is 27.4 Å². The average Bonchev–Trinajstić information content (AvgIpc) is 2.88. The van der Waals surface area contributed by atoms with Crippen LogP contribution in [0, 0.1) is 0 Å². The summed E-state index contributed by atoms with van der Waals surface area (Å²) in [5.41, 5.74) is 1.35. The molecule has 1 aliphatic carbocycles. The molecule has 0 spiro atoms. The van der Waals surface area contributed by atoms with Crippen molar-refractivity contribution in [2.24, 2.45) is 0 Å². The molecule has 2 heterocycles. The minimum atomic E-state index is -0.344. The molecule has 1 N–H and O–H groups in total. The maximum atomic E-state index is 12.4. The van der Waals surface area contributed by atoms with Crippen LogP contribution in [0.4, 0.5) is 0 Å². The van der Waals surface area contributed by atoms with Crippen molar-refractivity contribution in [1.29, 1.82) is 0 Å². The third kappa shape index (κ3) is 2.12. The fourth-order valence-corrected chi connectivity index (χ4v) is 4.28. The van der Waals surface area contributed by atoms with Gasteiger partial charge in [0.1, 0.15) is 16.0 Å². The van der Waals surface area contributed by atoms with Crippen molar-refractivity contribution < 1.29 is 9.52 Å². The molecule has 4 nitrogen and oxygen atoms in total. The standard InChI is InChI=1S/C16H12ClNO3S/c17-10-7-8(5-6-11(10)19)14-18-15-13(16(20)21-14)9-3-1-2-4-12(9)22-15/h5-7,19H,1-4H2. The maximum Gasteiger partial charge on any atom is 0.348 e. The molecule has 1 aliphatic rings. The van der Waals surface area contributed by atoms with Crippen molar-refractivity contribution in [3.05, 3.63) is 44.1 Å². The number of halogens is 1. The van der Waals surface area contributed by atoms with Crippen LogP contribution < -0.4 is 5.63 Å². The monoisotopic (exact) mass is 333 g/mol. The summed E-state index contributed by atoms with van der Waals surface area (Å²) in [6.07, 6.45) is 4.20. The lowest BCUT2D eigenvalue weighted by molar-refractivity contribution is 0.475. The van der Waals surface area contributed by atoms with Crippen molar-refractivity contribution in [2.45, 2.75) is 25.7 Å². The van der Waals surface area contributed by atoms with Crippen molar-refractivity contribution in [1.82, 2.24) is 4.98 Å². The Morgan fingerprint density at radius 2 is 2.09 bits per heavy atom. The molecule has 0 saturated carbocycles. The first-order valence-corrected chi connectivity index (χ1v) is 8.27. The van der Waals surface area contributed by atoms with Gasteiger partial charge in [0.15, 0.2) is 0 Å². The van der Waals surface area contributed by atoms with Crippen LogP contribution >= 0.6 is 22.9 Å². The lowest BCUT2D eigenvalue weighted by atomic mass is 9.97. The minimum absolute atomic E-state index is 0.0135. The molecule has 2 aromatic heterocycles. The van der Waals surface area contributed by atoms with Gasteiger partial charge in [0.25, 0.3) is 0 Å². The zero-order valence-corrected chi connectivity index (χ0v) is 13.1. The van der Waals surface area contributed by atoms with E-state index in [1.54, 1.807) is 23.5 Å². The molecule has 6 heteroatoms. The van der Waals surface area contributed by atoms with Crippen LogP contribution in [0.2, 0.25) is 5.02 Å². The zero-order valence-electron chi connectivity index (χ0n) is 11.6. The summed E-state index contributed by atoms with van der Waals surface area (Å²) >= 11 is 7.49. The zero-order chi connectivity index (χ0) is 15.3. The summed E-state index contributed by atoms with van der Waals surface area (Å²) in [5.74, 6) is 0.221. The van der Waals surface area contributed by atoms with Gasteiger partial charge < -0.3 is 9.52 Å². The Balaban J connectivity index is 1.93. The molecular formula is C16H12ClNO3S. The number of phenols is 1. The number of aromatic hydroxyl groups is 1. The van der Waals surface area contributed by atoms with Gasteiger partial charge >= 0.3 is 5.63 Å². The SMILES string of the molecule is O=c1oc(-c2ccc(O)c(Cl)c2)nc2sc3c(c12)CCCC3. The molecule has 0 unspecified atom stereocenters. The van der Waals surface area contributed by atoms with Gasteiger partial charge in [-0.1, -0.05) is 11.6 Å². The number of rotatable bonds is 1. The lowest BCUT2D eigenvalue weighted by Gasteiger charge is -2.09. The molecule has 0 amide bonds. The van der Waals surface area contributed by atoms with Gasteiger partial charge in [-0.3, -0.25) is 0 Å². The Kier molecular flexibility index (Phi) is 3.20. The highest BCUT2D eigenvalue weighted by Crippen LogP contribution is 2.35. The lowest BCUT2D eigenvalue weighted by Crippen LogP contribution is -2.06. The number of hydrogen-bond donors (Lipinski definition) is 1. The number of thiophene rings is 1. The summed E-state index contributed by atoms with van der Waals surface area (Å²) in [4.78, 5) is 18.8. The van der Waals surface area contributed by atoms with E-state index in [-0.39, 0.29) is 22.3 Å². The highest BCUT2D eigenvalue weighted by molar-refractivity contribution is 7.18. The van der Waals surface area contributed by atoms with Crippen molar-refractivity contribution in [3.63, 3.8) is 0 Å². The first-order valence-electron chi connectivity index (χ1n) is 7.08. The molecule has 22 heavy (non-hydrogen) atoms. The second-order valence-corrected chi connectivity index (χ2v) is 6.85. The number of nitrogens with zero attached hydrogens (tertiary/aromatic N) is 1. The number of phenolic OH excluding ortho intramolecular Hbond substituents is 1. The van der Waals surface area contributed by atoms with Crippen LogP contribution in [0.3, 0.4) is 0 Å². The molecule has 0 fully saturated rings. The van der Waals surface area contributed by atoms with Gasteiger partial charge in [0.2, 0.25) is 5.89 Å². The van der Waals surface area contributed by atoms with Crippen LogP contribution in [0.5, 0.6) is 5.75 Å². The quantitative estimate of drug-likeness (QED) is 0.726. The van der Waals surface area contributed by atoms with Gasteiger partial charge in [0.05, 0.1) is 5.02 Å². The van der Waals surface area contributed by atoms with Gasteiger partial charge in [0, 0.05) is 10.4 Å². The van der Waals surface area contributed by atoms with Gasteiger partial charge in [-0.15, -0.1) is 11.3 Å². The Labute approximate surface area is 135 Å². The average molecular weight is 334 g/mol. The molecule has 0 bridgehead atoms. The maximum absolute atomic E-state index is 12.4. The Morgan fingerprint density at radius 3 is 2.91 bits per heavy atom. The number of hydrogen-bond acceptors (Lipinski definition) is 5. The summed E-state index contributed by atoms with van der Waals surface area (Å²) in [6, 6.07) is 4.64. The van der Waals surface area contributed by atoms with E-state index in [4.69, 9.17) is 16.0 Å². The second-order valence-electron chi connectivity index (χ2n) is 5.36. The van der Waals surface area contributed by atoms with E-state index < -0.39 is 0 Å². The first kappa shape index (κ1) is 13.8. The Hall–Kier alpha value is -1.85. The first-order chi connectivity index (χ1) is 10.6. The van der Waals surface area contributed by atoms with E-state index in [1.807, 2.05) is 0 Å². The van der Waals surface area contributed by atoms with E-state index in [2.05, 4.69) is 4.98 Å². The minimum Gasteiger partial charge on any atom is -0.506 e. The highest BCUT2D eigenvalue weighted by Gasteiger charge is 2.21. The molecule has 0 saturated heterocycles. The highest BCUT2D eigenvalue weighted by atomic mass is 35.5. The second kappa shape index (κ2) is 5.11. The summed E-state index contributed by atoms with van der Waals surface area (Å²) in [7, 11) is 0. The summed E-state index contributed by atoms with van der Waals surface area (Å²) < 4.78 is 5.40. The smallest absolute Gasteiger partial charge is 0.348 e. The van der Waals surface area contributed by atoms with Crippen LogP contribution in [-0.2, 0) is 12.8 Å². The normalized spacial score (nSPS) is 14.2. The van der Waals surface area contributed by atoms with E-state index in [0.29, 0.717) is 10.9 Å². The van der Waals surface area contributed by atoms with E-state index in [0.717, 1.165) is 36.1 Å². The molecule has 4 rings (SSSR count). The van der Waals surface area contributed by atoms with Crippen molar-refractivity contribution in [2.75, 3.05) is 0 Å². The van der Waals surface area contributed by atoms with E-state index in [9.17, 15) is 9.90 Å². The predicted octanol–water partition coefficient (Wildman–Crippen LogP) is 4.15. The van der Waals surface area contributed by atoms with E-state index >= 15 is 0 Å². The molecule has 0 radical (unpaired) electrons. The molecule has 0 aliphatic heterocycles. The van der Waals surface area contributed by atoms with Gasteiger partial charge in [-0.25, -0.2) is 9.78 Å². The fraction of sp³-hybridized carbons (Fsp3) is 0.250. The molecule has 0 atom stereocenters. The topological polar surface area (TPSA) is 63.3 Å². The molecular weight excluding hydrogens is 322 g/mol. The Morgan fingerprint density at radius 1 is 1.27 bits per heavy atom. The number of fused-ring (bicyclic) bond motifs is 3. The predicted molar refractivity (Wildman–Crippen MR) is 86.9 cm³/mol. The van der Waals surface area contributed by atoms with Crippen LogP contribution in [0.1, 0.15) is 23.3 Å². The van der Waals surface area contributed by atoms with Crippen molar-refractivity contribution in [3.8, 4) is 17.2 Å². The number of aryl methyl sites for hydroxylation is 2. The third-order valence-corrected chi connectivity index (χ3v) is 5.43.